The minimum absolute atomic E-state index is 0.215. The number of aryl methyl sites for hydroxylation is 1. The second kappa shape index (κ2) is 8.05. The summed E-state index contributed by atoms with van der Waals surface area (Å²) in [6.45, 7) is 8.17. The summed E-state index contributed by atoms with van der Waals surface area (Å²) in [5.74, 6) is 0.550. The minimum Gasteiger partial charge on any atom is -0.381 e. The molecule has 2 N–H and O–H groups in total. The van der Waals surface area contributed by atoms with Crippen molar-refractivity contribution in [3.8, 4) is 0 Å². The molecule has 0 aliphatic carbocycles. The first-order chi connectivity index (χ1) is 8.58. The van der Waals surface area contributed by atoms with Crippen molar-refractivity contribution in [2.75, 3.05) is 25.1 Å². The van der Waals surface area contributed by atoms with Crippen molar-refractivity contribution in [2.45, 2.75) is 27.2 Å². The summed E-state index contributed by atoms with van der Waals surface area (Å²) in [5, 5.41) is 7.98. The highest BCUT2D eigenvalue weighted by Crippen LogP contribution is 2.13. The molecule has 1 aromatic heterocycles. The van der Waals surface area contributed by atoms with Crippen LogP contribution in [0.15, 0.2) is 5.38 Å². The van der Waals surface area contributed by atoms with Gasteiger partial charge in [-0.25, -0.2) is 9.78 Å². The lowest BCUT2D eigenvalue weighted by Crippen LogP contribution is -2.30. The van der Waals surface area contributed by atoms with Crippen molar-refractivity contribution in [3.63, 3.8) is 0 Å². The summed E-state index contributed by atoms with van der Waals surface area (Å²) in [6, 6.07) is -0.215. The monoisotopic (exact) mass is 271 g/mol. The number of nitrogens with zero attached hydrogens (tertiary/aromatic N) is 1. The Morgan fingerprint density at radius 3 is 2.94 bits per heavy atom. The number of hydrogen-bond acceptors (Lipinski definition) is 4. The Balaban J connectivity index is 2.03. The van der Waals surface area contributed by atoms with Crippen LogP contribution in [0, 0.1) is 12.8 Å². The Labute approximate surface area is 112 Å². The Morgan fingerprint density at radius 2 is 2.33 bits per heavy atom. The molecule has 5 nitrogen and oxygen atoms in total. The van der Waals surface area contributed by atoms with Crippen molar-refractivity contribution in [1.29, 1.82) is 0 Å². The van der Waals surface area contributed by atoms with Crippen LogP contribution in [0.1, 0.15) is 26.0 Å². The van der Waals surface area contributed by atoms with Crippen molar-refractivity contribution in [3.05, 3.63) is 11.1 Å². The molecule has 0 aliphatic heterocycles. The first kappa shape index (κ1) is 14.9. The van der Waals surface area contributed by atoms with Gasteiger partial charge in [0.25, 0.3) is 0 Å². The number of ether oxygens (including phenoxy) is 1. The zero-order valence-corrected chi connectivity index (χ0v) is 12.0. The van der Waals surface area contributed by atoms with E-state index in [1.165, 1.54) is 11.3 Å². The summed E-state index contributed by atoms with van der Waals surface area (Å²) in [4.78, 5) is 15.6. The number of thiazole rings is 1. The molecule has 6 heteroatoms. The third-order valence-corrected chi connectivity index (χ3v) is 2.92. The van der Waals surface area contributed by atoms with Crippen molar-refractivity contribution in [2.24, 2.45) is 5.92 Å². The van der Waals surface area contributed by atoms with Gasteiger partial charge >= 0.3 is 6.03 Å². The van der Waals surface area contributed by atoms with Gasteiger partial charge in [-0.15, -0.1) is 11.3 Å². The fraction of sp³-hybridized carbons (Fsp3) is 0.667. The lowest BCUT2D eigenvalue weighted by atomic mass is 10.2. The fourth-order valence-corrected chi connectivity index (χ4v) is 1.93. The molecule has 0 aromatic carbocycles. The smallest absolute Gasteiger partial charge is 0.321 e. The molecule has 0 saturated heterocycles. The maximum atomic E-state index is 11.5. The lowest BCUT2D eigenvalue weighted by molar-refractivity contribution is 0.108. The molecule has 102 valence electrons. The van der Waals surface area contributed by atoms with E-state index in [9.17, 15) is 4.79 Å². The predicted octanol–water partition coefficient (Wildman–Crippen LogP) is 2.64. The second-order valence-electron chi connectivity index (χ2n) is 4.50. The van der Waals surface area contributed by atoms with Crippen molar-refractivity contribution >= 4 is 22.5 Å². The number of hydrogen-bond donors (Lipinski definition) is 2. The van der Waals surface area contributed by atoms with Crippen molar-refractivity contribution in [1.82, 2.24) is 10.3 Å². The number of carbonyl (C=O) groups is 1. The van der Waals surface area contributed by atoms with E-state index in [0.29, 0.717) is 24.2 Å². The van der Waals surface area contributed by atoms with E-state index in [1.54, 1.807) is 0 Å². The average Bonchev–Trinajstić information content (AvgIpc) is 2.68. The highest BCUT2D eigenvalue weighted by atomic mass is 32.1. The zero-order chi connectivity index (χ0) is 13.4. The molecule has 1 heterocycles. The summed E-state index contributed by atoms with van der Waals surface area (Å²) < 4.78 is 5.42. The Hall–Kier alpha value is -1.14. The van der Waals surface area contributed by atoms with E-state index in [-0.39, 0.29) is 6.03 Å². The molecule has 0 spiro atoms. The van der Waals surface area contributed by atoms with Crippen LogP contribution in [0.4, 0.5) is 9.93 Å². The molecule has 2 amide bonds. The molecule has 18 heavy (non-hydrogen) atoms. The number of aromatic nitrogens is 1. The van der Waals surface area contributed by atoms with Gasteiger partial charge in [0.05, 0.1) is 5.69 Å². The number of amides is 2. The summed E-state index contributed by atoms with van der Waals surface area (Å²) in [5.41, 5.74) is 0.914. The number of rotatable bonds is 7. The predicted molar refractivity (Wildman–Crippen MR) is 74.1 cm³/mol. The van der Waals surface area contributed by atoms with Gasteiger partial charge in [0.1, 0.15) is 0 Å². The first-order valence-corrected chi connectivity index (χ1v) is 7.00. The number of carbonyl (C=O) groups excluding carboxylic acids is 1. The molecule has 0 radical (unpaired) electrons. The minimum atomic E-state index is -0.215. The van der Waals surface area contributed by atoms with Gasteiger partial charge in [0.2, 0.25) is 0 Å². The van der Waals surface area contributed by atoms with Crippen LogP contribution in [0.2, 0.25) is 0 Å². The standard InChI is InChI=1S/C12H21N3O2S/c1-9(2)7-17-6-4-5-13-11(16)15-12-14-10(3)8-18-12/h8-9H,4-7H2,1-3H3,(H2,13,14,15,16). The summed E-state index contributed by atoms with van der Waals surface area (Å²) in [7, 11) is 0. The summed E-state index contributed by atoms with van der Waals surface area (Å²) in [6.07, 6.45) is 0.817. The first-order valence-electron chi connectivity index (χ1n) is 6.12. The van der Waals surface area contributed by atoms with Gasteiger partial charge in [-0.3, -0.25) is 5.32 Å². The molecule has 1 aromatic rings. The normalized spacial score (nSPS) is 10.7. The Morgan fingerprint density at radius 1 is 1.56 bits per heavy atom. The Kier molecular flexibility index (Phi) is 6.67. The maximum Gasteiger partial charge on any atom is 0.321 e. The molecule has 0 unspecified atom stereocenters. The van der Waals surface area contributed by atoms with Crippen LogP contribution in [-0.4, -0.2) is 30.8 Å². The third kappa shape index (κ3) is 6.56. The second-order valence-corrected chi connectivity index (χ2v) is 5.36. The average molecular weight is 271 g/mol. The van der Waals surface area contributed by atoms with Crippen LogP contribution < -0.4 is 10.6 Å². The van der Waals surface area contributed by atoms with Gasteiger partial charge in [0, 0.05) is 25.1 Å². The Bertz CT molecular complexity index is 366. The molecule has 0 fully saturated rings. The third-order valence-electron chi connectivity index (χ3n) is 2.04. The van der Waals surface area contributed by atoms with Crippen LogP contribution in [-0.2, 0) is 4.74 Å². The van der Waals surface area contributed by atoms with E-state index in [1.807, 2.05) is 12.3 Å². The number of urea groups is 1. The van der Waals surface area contributed by atoms with Crippen LogP contribution in [0.3, 0.4) is 0 Å². The molecule has 0 atom stereocenters. The van der Waals surface area contributed by atoms with E-state index in [0.717, 1.165) is 18.7 Å². The van der Waals surface area contributed by atoms with Gasteiger partial charge < -0.3 is 10.1 Å². The van der Waals surface area contributed by atoms with Crippen LogP contribution >= 0.6 is 11.3 Å². The van der Waals surface area contributed by atoms with E-state index >= 15 is 0 Å². The molecule has 1 rings (SSSR count). The highest BCUT2D eigenvalue weighted by Gasteiger charge is 2.03. The molecular weight excluding hydrogens is 250 g/mol. The molecule has 0 saturated carbocycles. The lowest BCUT2D eigenvalue weighted by Gasteiger charge is -2.07. The van der Waals surface area contributed by atoms with Gasteiger partial charge in [0.15, 0.2) is 5.13 Å². The largest absolute Gasteiger partial charge is 0.381 e. The van der Waals surface area contributed by atoms with E-state index in [2.05, 4.69) is 29.5 Å². The quantitative estimate of drug-likeness (QED) is 0.749. The molecule has 0 bridgehead atoms. The van der Waals surface area contributed by atoms with Gasteiger partial charge in [-0.1, -0.05) is 13.8 Å². The van der Waals surface area contributed by atoms with E-state index < -0.39 is 0 Å². The van der Waals surface area contributed by atoms with Crippen molar-refractivity contribution < 1.29 is 9.53 Å². The van der Waals surface area contributed by atoms with Gasteiger partial charge in [-0.05, 0) is 19.3 Å². The summed E-state index contributed by atoms with van der Waals surface area (Å²) >= 11 is 1.42. The SMILES string of the molecule is Cc1csc(NC(=O)NCCCOCC(C)C)n1. The topological polar surface area (TPSA) is 63.2 Å². The van der Waals surface area contributed by atoms with Gasteiger partial charge in [-0.2, -0.15) is 0 Å². The van der Waals surface area contributed by atoms with E-state index in [4.69, 9.17) is 4.74 Å². The highest BCUT2D eigenvalue weighted by molar-refractivity contribution is 7.13. The number of anilines is 1. The number of nitrogens with one attached hydrogen (secondary N) is 2. The molecule has 0 aliphatic rings. The fourth-order valence-electron chi connectivity index (χ4n) is 1.25. The maximum absolute atomic E-state index is 11.5. The van der Waals surface area contributed by atoms with Crippen LogP contribution in [0.25, 0.3) is 0 Å². The molecular formula is C12H21N3O2S. The van der Waals surface area contributed by atoms with Crippen LogP contribution in [0.5, 0.6) is 0 Å². The zero-order valence-electron chi connectivity index (χ0n) is 11.2.